The molecule has 0 aliphatic carbocycles. The van der Waals surface area contributed by atoms with Crippen molar-refractivity contribution in [3.8, 4) is 11.3 Å². The maximum atomic E-state index is 6.42. The average Bonchev–Trinajstić information content (AvgIpc) is 3.22. The van der Waals surface area contributed by atoms with Gasteiger partial charge in [-0.2, -0.15) is 0 Å². The third-order valence-corrected chi connectivity index (χ3v) is 6.95. The maximum Gasteiger partial charge on any atom is 0.231 e. The van der Waals surface area contributed by atoms with Gasteiger partial charge in [-0.15, -0.1) is 0 Å². The van der Waals surface area contributed by atoms with Gasteiger partial charge < -0.3 is 4.42 Å². The lowest BCUT2D eigenvalue weighted by Crippen LogP contribution is -2.12. The van der Waals surface area contributed by atoms with Crippen LogP contribution in [0.3, 0.4) is 0 Å². The molecule has 0 atom stereocenters. The van der Waals surface area contributed by atoms with Gasteiger partial charge in [-0.3, -0.25) is 0 Å². The lowest BCUT2D eigenvalue weighted by atomic mass is 9.82. The number of aromatic nitrogens is 2. The van der Waals surface area contributed by atoms with Gasteiger partial charge >= 0.3 is 0 Å². The second-order valence-electron chi connectivity index (χ2n) is 11.1. The zero-order chi connectivity index (χ0) is 24.3. The van der Waals surface area contributed by atoms with Crippen LogP contribution in [0.15, 0.2) is 77.5 Å². The highest BCUT2D eigenvalue weighted by atomic mass is 16.3. The minimum Gasteiger partial charge on any atom is -0.437 e. The van der Waals surface area contributed by atoms with Gasteiger partial charge in [0.2, 0.25) is 5.71 Å². The van der Waals surface area contributed by atoms with Crippen molar-refractivity contribution in [3.05, 3.63) is 84.2 Å². The van der Waals surface area contributed by atoms with E-state index in [1.807, 2.05) is 0 Å². The third-order valence-electron chi connectivity index (χ3n) is 6.95. The van der Waals surface area contributed by atoms with Crippen LogP contribution in [-0.2, 0) is 11.8 Å². The fourth-order valence-corrected chi connectivity index (χ4v) is 5.39. The van der Waals surface area contributed by atoms with Gasteiger partial charge in [0.25, 0.3) is 0 Å². The van der Waals surface area contributed by atoms with E-state index in [4.69, 9.17) is 9.40 Å². The number of nitrogens with zero attached hydrogens (tertiary/aromatic N) is 2. The van der Waals surface area contributed by atoms with E-state index in [9.17, 15) is 0 Å². The van der Waals surface area contributed by atoms with Crippen LogP contribution in [0.5, 0.6) is 0 Å². The van der Waals surface area contributed by atoms with Crippen LogP contribution in [0, 0.1) is 5.92 Å². The van der Waals surface area contributed by atoms with Crippen molar-refractivity contribution in [3.63, 3.8) is 0 Å². The Morgan fingerprint density at radius 2 is 1.57 bits per heavy atom. The van der Waals surface area contributed by atoms with E-state index in [2.05, 4.69) is 106 Å². The molecule has 0 N–H and O–H groups in total. The molecule has 0 fully saturated rings. The molecule has 35 heavy (non-hydrogen) atoms. The summed E-state index contributed by atoms with van der Waals surface area (Å²) in [4.78, 5) is 9.33. The van der Waals surface area contributed by atoms with Crippen molar-refractivity contribution in [2.75, 3.05) is 0 Å². The molecule has 2 aromatic heterocycles. The number of furan rings is 1. The summed E-state index contributed by atoms with van der Waals surface area (Å²) in [5.41, 5.74) is 6.21. The van der Waals surface area contributed by atoms with E-state index in [-0.39, 0.29) is 5.41 Å². The number of rotatable bonds is 3. The third kappa shape index (κ3) is 3.58. The first-order chi connectivity index (χ1) is 16.8. The summed E-state index contributed by atoms with van der Waals surface area (Å²) in [6, 6.07) is 24.1. The Morgan fingerprint density at radius 1 is 0.800 bits per heavy atom. The monoisotopic (exact) mass is 458 g/mol. The van der Waals surface area contributed by atoms with Gasteiger partial charge in [0.1, 0.15) is 11.9 Å². The largest absolute Gasteiger partial charge is 0.437 e. The summed E-state index contributed by atoms with van der Waals surface area (Å²) in [6.45, 7) is 11.3. The Kier molecular flexibility index (Phi) is 4.93. The van der Waals surface area contributed by atoms with E-state index in [1.165, 1.54) is 27.3 Å². The predicted octanol–water partition coefficient (Wildman–Crippen LogP) is 8.85. The lowest BCUT2D eigenvalue weighted by molar-refractivity contribution is 0.596. The highest BCUT2D eigenvalue weighted by Gasteiger charge is 2.22. The van der Waals surface area contributed by atoms with Crippen molar-refractivity contribution < 1.29 is 4.42 Å². The molecule has 0 aliphatic heterocycles. The molecule has 2 heterocycles. The molecule has 0 radical (unpaired) electrons. The standard InChI is InChI=1S/C32H30N2O/c1-19(2)15-20-10-8-12-25-23(20)13-14-26-28-29(33-18-34-31(28)35-30(25)26)22-16-21-9-6-7-11-24(21)27(17-22)32(3,4)5/h6-14,16-19H,15H2,1-5H3. The molecule has 0 saturated carbocycles. The zero-order valence-electron chi connectivity index (χ0n) is 21.0. The van der Waals surface area contributed by atoms with Crippen LogP contribution >= 0.6 is 0 Å². The molecule has 3 heteroatoms. The highest BCUT2D eigenvalue weighted by Crippen LogP contribution is 2.40. The Balaban J connectivity index is 1.66. The summed E-state index contributed by atoms with van der Waals surface area (Å²) in [5.74, 6) is 0.592. The molecule has 4 aromatic carbocycles. The first kappa shape index (κ1) is 21.8. The fourth-order valence-electron chi connectivity index (χ4n) is 5.39. The first-order valence-electron chi connectivity index (χ1n) is 12.4. The van der Waals surface area contributed by atoms with E-state index >= 15 is 0 Å². The van der Waals surface area contributed by atoms with Crippen LogP contribution < -0.4 is 0 Å². The molecular formula is C32H30N2O. The second-order valence-corrected chi connectivity index (χ2v) is 11.1. The summed E-state index contributed by atoms with van der Waals surface area (Å²) < 4.78 is 6.42. The topological polar surface area (TPSA) is 38.9 Å². The van der Waals surface area contributed by atoms with E-state index in [0.717, 1.165) is 39.4 Å². The number of fused-ring (bicyclic) bond motifs is 6. The summed E-state index contributed by atoms with van der Waals surface area (Å²) in [5, 5.41) is 6.94. The molecular weight excluding hydrogens is 428 g/mol. The van der Waals surface area contributed by atoms with Gasteiger partial charge in [0.05, 0.1) is 11.1 Å². The van der Waals surface area contributed by atoms with Crippen LogP contribution in [0.1, 0.15) is 45.7 Å². The summed E-state index contributed by atoms with van der Waals surface area (Å²) in [7, 11) is 0. The van der Waals surface area contributed by atoms with E-state index in [0.29, 0.717) is 11.6 Å². The molecule has 0 bridgehead atoms. The van der Waals surface area contributed by atoms with Gasteiger partial charge in [0, 0.05) is 16.3 Å². The fraction of sp³-hybridized carbons (Fsp3) is 0.250. The Morgan fingerprint density at radius 3 is 2.37 bits per heavy atom. The number of hydrogen-bond donors (Lipinski definition) is 0. The molecule has 0 aliphatic rings. The molecule has 6 rings (SSSR count). The average molecular weight is 459 g/mol. The summed E-state index contributed by atoms with van der Waals surface area (Å²) in [6.07, 6.45) is 2.67. The van der Waals surface area contributed by atoms with Crippen LogP contribution in [0.4, 0.5) is 0 Å². The van der Waals surface area contributed by atoms with Gasteiger partial charge in [-0.05, 0) is 63.2 Å². The van der Waals surface area contributed by atoms with Gasteiger partial charge in [0.15, 0.2) is 0 Å². The molecule has 0 saturated heterocycles. The van der Waals surface area contributed by atoms with Crippen molar-refractivity contribution in [2.45, 2.75) is 46.5 Å². The van der Waals surface area contributed by atoms with E-state index in [1.54, 1.807) is 6.33 Å². The van der Waals surface area contributed by atoms with Crippen molar-refractivity contribution in [1.29, 1.82) is 0 Å². The van der Waals surface area contributed by atoms with Crippen LogP contribution in [0.2, 0.25) is 0 Å². The Hall–Kier alpha value is -3.72. The summed E-state index contributed by atoms with van der Waals surface area (Å²) >= 11 is 0. The molecule has 174 valence electrons. The normalized spacial score (nSPS) is 12.5. The second kappa shape index (κ2) is 7.91. The van der Waals surface area contributed by atoms with Crippen LogP contribution in [0.25, 0.3) is 54.9 Å². The molecule has 3 nitrogen and oxygen atoms in total. The van der Waals surface area contributed by atoms with Crippen molar-refractivity contribution >= 4 is 43.6 Å². The quantitative estimate of drug-likeness (QED) is 0.266. The maximum absolute atomic E-state index is 6.42. The van der Waals surface area contributed by atoms with Crippen molar-refractivity contribution in [2.24, 2.45) is 5.92 Å². The Labute approximate surface area is 205 Å². The lowest BCUT2D eigenvalue weighted by Gasteiger charge is -2.22. The highest BCUT2D eigenvalue weighted by molar-refractivity contribution is 6.18. The smallest absolute Gasteiger partial charge is 0.231 e. The van der Waals surface area contributed by atoms with Crippen molar-refractivity contribution in [1.82, 2.24) is 9.97 Å². The van der Waals surface area contributed by atoms with Crippen LogP contribution in [-0.4, -0.2) is 9.97 Å². The first-order valence-corrected chi connectivity index (χ1v) is 12.4. The number of benzene rings is 4. The molecule has 0 amide bonds. The van der Waals surface area contributed by atoms with Gasteiger partial charge in [-0.25, -0.2) is 9.97 Å². The van der Waals surface area contributed by atoms with Gasteiger partial charge in [-0.1, -0.05) is 83.1 Å². The Bertz CT molecular complexity index is 1730. The SMILES string of the molecule is CC(C)Cc1cccc2c1ccc1c2oc2ncnc(-c3cc(C(C)(C)C)c4ccccc4c3)c21. The van der Waals surface area contributed by atoms with E-state index < -0.39 is 0 Å². The molecule has 0 spiro atoms. The predicted molar refractivity (Wildman–Crippen MR) is 147 cm³/mol. The minimum atomic E-state index is 0.00322. The molecule has 6 aromatic rings. The molecule has 0 unspecified atom stereocenters. The minimum absolute atomic E-state index is 0.00322. The number of hydrogen-bond acceptors (Lipinski definition) is 3. The zero-order valence-corrected chi connectivity index (χ0v) is 21.0.